The third-order valence-electron chi connectivity index (χ3n) is 0.313. The summed E-state index contributed by atoms with van der Waals surface area (Å²) in [6, 6.07) is 0. The van der Waals surface area contributed by atoms with E-state index >= 15 is 0 Å². The zero-order chi connectivity index (χ0) is 9.28. The third kappa shape index (κ3) is 5.42. The molecule has 0 saturated heterocycles. The Morgan fingerprint density at radius 3 is 2.50 bits per heavy atom. The van der Waals surface area contributed by atoms with Gasteiger partial charge in [-0.15, -0.1) is 0 Å². The summed E-state index contributed by atoms with van der Waals surface area (Å²) in [5, 5.41) is 7.98. The summed E-state index contributed by atoms with van der Waals surface area (Å²) >= 11 is 0. The van der Waals surface area contributed by atoms with Gasteiger partial charge in [0.05, 0.1) is 0 Å². The largest absolute Gasteiger partial charge is 0.480 e. The highest BCUT2D eigenvalue weighted by Crippen LogP contribution is 1.79. The first kappa shape index (κ1) is 3.45. The first-order valence-electron chi connectivity index (χ1n) is 3.11. The van der Waals surface area contributed by atoms with Gasteiger partial charge < -0.3 is 5.11 Å². The van der Waals surface area contributed by atoms with Crippen molar-refractivity contribution in [2.75, 3.05) is 11.9 Å². The summed E-state index contributed by atoms with van der Waals surface area (Å²) in [6.07, 6.45) is -3.23. The minimum Gasteiger partial charge on any atom is -0.480 e. The van der Waals surface area contributed by atoms with Crippen LogP contribution in [0.25, 0.3) is 0 Å². The smallest absolute Gasteiger partial charge is 0.318 e. The zero-order valence-corrected chi connectivity index (χ0v) is 4.60. The Morgan fingerprint density at radius 1 is 1.88 bits per heavy atom. The molecule has 1 N–H and O–H groups in total. The highest BCUT2D eigenvalue weighted by molar-refractivity contribution is 7.91. The van der Waals surface area contributed by atoms with Crippen LogP contribution in [-0.4, -0.2) is 31.4 Å². The average Bonchev–Trinajstić information content (AvgIpc) is 1.56. The van der Waals surface area contributed by atoms with Crippen molar-refractivity contribution in [3.8, 4) is 0 Å². The summed E-state index contributed by atoms with van der Waals surface area (Å²) in [5.41, 5.74) is 0. The lowest BCUT2D eigenvalue weighted by atomic mass is 10.8. The normalized spacial score (nSPS) is 18.2. The minimum absolute atomic E-state index is 1.36. The van der Waals surface area contributed by atoms with Crippen LogP contribution in [0.1, 0.15) is 4.11 Å². The van der Waals surface area contributed by atoms with Crippen LogP contribution in [0.15, 0.2) is 0 Å². The Kier molecular flexibility index (Phi) is 0.916. The van der Waals surface area contributed by atoms with Crippen molar-refractivity contribution < 1.29 is 22.4 Å². The topological polar surface area (TPSA) is 71.4 Å². The maximum Gasteiger partial charge on any atom is 0.318 e. The Labute approximate surface area is 51.3 Å². The molecular formula is C3H6O4S. The number of carbonyl (C=O) groups is 1. The molecule has 0 radical (unpaired) electrons. The first-order chi connectivity index (χ1) is 4.67. The molecule has 0 aliphatic carbocycles. The van der Waals surface area contributed by atoms with Crippen LogP contribution in [0.2, 0.25) is 0 Å². The predicted octanol–water partition coefficient (Wildman–Crippen LogP) is -0.884. The van der Waals surface area contributed by atoms with Gasteiger partial charge in [-0.3, -0.25) is 4.79 Å². The molecule has 8 heavy (non-hydrogen) atoms. The van der Waals surface area contributed by atoms with Crippen LogP contribution in [0.4, 0.5) is 0 Å². The number of sulfone groups is 1. The molecule has 0 spiro atoms. The molecule has 48 valence electrons. The summed E-state index contributed by atoms with van der Waals surface area (Å²) in [4.78, 5) is 9.83. The van der Waals surface area contributed by atoms with Crippen molar-refractivity contribution in [1.29, 1.82) is 0 Å². The van der Waals surface area contributed by atoms with Gasteiger partial charge in [0.15, 0.2) is 9.84 Å². The van der Waals surface area contributed by atoms with E-state index in [2.05, 4.69) is 0 Å². The number of aliphatic carboxylic acids is 1. The zero-order valence-electron chi connectivity index (χ0n) is 6.79. The van der Waals surface area contributed by atoms with Crippen molar-refractivity contribution in [3.05, 3.63) is 0 Å². The molecule has 0 aromatic heterocycles. The van der Waals surface area contributed by atoms with Gasteiger partial charge in [0.2, 0.25) is 0 Å². The molecule has 0 rings (SSSR count). The fourth-order valence-electron chi connectivity index (χ4n) is 0.163. The lowest BCUT2D eigenvalue weighted by molar-refractivity contribution is -0.134. The molecule has 0 atom stereocenters. The maximum atomic E-state index is 10.5. The number of hydrogen-bond donors (Lipinski definition) is 1. The van der Waals surface area contributed by atoms with Gasteiger partial charge in [-0.25, -0.2) is 8.42 Å². The number of rotatable bonds is 2. The Bertz CT molecular complexity index is 250. The molecule has 0 aliphatic rings. The van der Waals surface area contributed by atoms with E-state index in [-0.39, 0.29) is 0 Å². The van der Waals surface area contributed by atoms with Crippen LogP contribution in [-0.2, 0) is 14.6 Å². The molecule has 0 aromatic rings. The fraction of sp³-hybridized carbons (Fsp3) is 0.667. The van der Waals surface area contributed by atoms with Gasteiger partial charge >= 0.3 is 5.97 Å². The fourth-order valence-corrected chi connectivity index (χ4v) is 0.488. The molecule has 0 fully saturated rings. The van der Waals surface area contributed by atoms with Gasteiger partial charge in [-0.05, 0) is 0 Å². The maximum absolute atomic E-state index is 10.5. The molecule has 0 unspecified atom stereocenters. The summed E-state index contributed by atoms with van der Waals surface area (Å²) in [5.74, 6) is -3.02. The lowest BCUT2D eigenvalue weighted by Gasteiger charge is -1.86. The van der Waals surface area contributed by atoms with Gasteiger partial charge in [0.1, 0.15) is 5.75 Å². The highest BCUT2D eigenvalue weighted by atomic mass is 32.2. The Hall–Kier alpha value is -0.580. The number of hydrogen-bond acceptors (Lipinski definition) is 3. The van der Waals surface area contributed by atoms with E-state index in [1.807, 2.05) is 0 Å². The molecule has 0 bridgehead atoms. The summed E-state index contributed by atoms with van der Waals surface area (Å²) in [6.45, 7) is 0. The second-order valence-corrected chi connectivity index (χ2v) is 2.67. The number of carboxylic acids is 1. The van der Waals surface area contributed by atoms with E-state index in [0.29, 0.717) is 0 Å². The molecule has 0 aliphatic heterocycles. The van der Waals surface area contributed by atoms with E-state index in [9.17, 15) is 13.2 Å². The molecule has 0 saturated carbocycles. The standard InChI is InChI=1S/C3H6O4S/c1-8(6,7)2-3(4)5/h2H2,1H3,(H,4,5)/i1D3. The van der Waals surface area contributed by atoms with Crippen molar-refractivity contribution in [1.82, 2.24) is 0 Å². The van der Waals surface area contributed by atoms with Gasteiger partial charge in [0.25, 0.3) is 0 Å². The number of carboxylic acid groups (broad SMARTS) is 1. The predicted molar refractivity (Wildman–Crippen MR) is 27.3 cm³/mol. The molecule has 4 nitrogen and oxygen atoms in total. The van der Waals surface area contributed by atoms with E-state index in [1.54, 1.807) is 0 Å². The first-order valence-corrected chi connectivity index (χ1v) is 3.26. The average molecular weight is 141 g/mol. The Balaban J connectivity index is 4.64. The molecule has 0 aromatic carbocycles. The van der Waals surface area contributed by atoms with Crippen molar-refractivity contribution in [2.45, 2.75) is 0 Å². The van der Waals surface area contributed by atoms with Crippen molar-refractivity contribution >= 4 is 15.8 Å². The summed E-state index contributed by atoms with van der Waals surface area (Å²) in [7, 11) is -4.50. The van der Waals surface area contributed by atoms with Crippen LogP contribution < -0.4 is 0 Å². The Morgan fingerprint density at radius 2 is 2.38 bits per heavy atom. The quantitative estimate of drug-likeness (QED) is 0.541. The SMILES string of the molecule is [2H]C([2H])([2H])S(=O)(=O)CC(=O)O. The summed E-state index contributed by atoms with van der Waals surface area (Å²) < 4.78 is 40.3. The van der Waals surface area contributed by atoms with Gasteiger partial charge in [0, 0.05) is 10.3 Å². The van der Waals surface area contributed by atoms with E-state index in [4.69, 9.17) is 9.22 Å². The van der Waals surface area contributed by atoms with E-state index in [1.165, 1.54) is 0 Å². The minimum atomic E-state index is -4.50. The van der Waals surface area contributed by atoms with Crippen LogP contribution in [0, 0.1) is 0 Å². The van der Waals surface area contributed by atoms with Crippen LogP contribution >= 0.6 is 0 Å². The molecule has 0 amide bonds. The molecular weight excluding hydrogens is 132 g/mol. The van der Waals surface area contributed by atoms with Crippen LogP contribution in [0.3, 0.4) is 0 Å². The van der Waals surface area contributed by atoms with E-state index < -0.39 is 27.7 Å². The second-order valence-electron chi connectivity index (χ2n) is 1.15. The second kappa shape index (κ2) is 2.13. The molecule has 5 heteroatoms. The van der Waals surface area contributed by atoms with Crippen molar-refractivity contribution in [3.63, 3.8) is 0 Å². The van der Waals surface area contributed by atoms with Crippen LogP contribution in [0.5, 0.6) is 0 Å². The third-order valence-corrected chi connectivity index (χ3v) is 0.940. The van der Waals surface area contributed by atoms with E-state index in [0.717, 1.165) is 0 Å². The van der Waals surface area contributed by atoms with Gasteiger partial charge in [-0.1, -0.05) is 0 Å². The van der Waals surface area contributed by atoms with Gasteiger partial charge in [-0.2, -0.15) is 0 Å². The highest BCUT2D eigenvalue weighted by Gasteiger charge is 2.06. The molecule has 0 heterocycles. The lowest BCUT2D eigenvalue weighted by Crippen LogP contribution is -2.12. The monoisotopic (exact) mass is 141 g/mol. The van der Waals surface area contributed by atoms with Crippen molar-refractivity contribution in [2.24, 2.45) is 0 Å².